The molecule has 0 aliphatic carbocycles. The highest BCUT2D eigenvalue weighted by Crippen LogP contribution is 2.10. The molecule has 1 aromatic heterocycles. The zero-order chi connectivity index (χ0) is 18.5. The summed E-state index contributed by atoms with van der Waals surface area (Å²) in [5, 5.41) is 6.88. The molecule has 2 aromatic rings. The van der Waals surface area contributed by atoms with Crippen molar-refractivity contribution in [2.75, 3.05) is 32.7 Å². The van der Waals surface area contributed by atoms with Gasteiger partial charge in [-0.3, -0.25) is 14.6 Å². The molecular weight excluding hydrogens is 335 g/mol. The molecule has 1 amide bonds. The van der Waals surface area contributed by atoms with Gasteiger partial charge >= 0.3 is 0 Å². The van der Waals surface area contributed by atoms with Crippen LogP contribution in [0.2, 0.25) is 0 Å². The normalized spacial score (nSPS) is 16.0. The van der Waals surface area contributed by atoms with Crippen molar-refractivity contribution >= 4 is 5.91 Å². The SMILES string of the molecule is Cc1cc(CN2CCN(CC(=O)NCc3ccc(C)c(F)c3)CC2)no1. The third kappa shape index (κ3) is 5.12. The lowest BCUT2D eigenvalue weighted by Crippen LogP contribution is -2.49. The first-order valence-corrected chi connectivity index (χ1v) is 8.88. The van der Waals surface area contributed by atoms with Crippen LogP contribution in [0.1, 0.15) is 22.6 Å². The molecule has 6 nitrogen and oxygen atoms in total. The molecule has 7 heteroatoms. The van der Waals surface area contributed by atoms with Crippen molar-refractivity contribution in [3.63, 3.8) is 0 Å². The van der Waals surface area contributed by atoms with Gasteiger partial charge in [0.05, 0.1) is 12.2 Å². The number of aromatic nitrogens is 1. The van der Waals surface area contributed by atoms with Crippen LogP contribution in [0.15, 0.2) is 28.8 Å². The van der Waals surface area contributed by atoms with Crippen LogP contribution in [0.5, 0.6) is 0 Å². The van der Waals surface area contributed by atoms with Crippen LogP contribution < -0.4 is 5.32 Å². The van der Waals surface area contributed by atoms with E-state index in [2.05, 4.69) is 20.3 Å². The second-order valence-electron chi connectivity index (χ2n) is 6.84. The van der Waals surface area contributed by atoms with Gasteiger partial charge in [-0.25, -0.2) is 4.39 Å². The summed E-state index contributed by atoms with van der Waals surface area (Å²) in [6, 6.07) is 6.99. The highest BCUT2D eigenvalue weighted by molar-refractivity contribution is 5.78. The molecule has 1 fully saturated rings. The van der Waals surface area contributed by atoms with Gasteiger partial charge in [-0.1, -0.05) is 17.3 Å². The summed E-state index contributed by atoms with van der Waals surface area (Å²) in [4.78, 5) is 16.6. The molecule has 0 atom stereocenters. The molecule has 1 N–H and O–H groups in total. The molecule has 0 unspecified atom stereocenters. The Morgan fingerprint density at radius 2 is 1.92 bits per heavy atom. The van der Waals surface area contributed by atoms with Crippen molar-refractivity contribution in [3.05, 3.63) is 52.7 Å². The van der Waals surface area contributed by atoms with Crippen LogP contribution in [0, 0.1) is 19.7 Å². The predicted octanol–water partition coefficient (Wildman–Crippen LogP) is 1.86. The molecule has 140 valence electrons. The lowest BCUT2D eigenvalue weighted by Gasteiger charge is -2.33. The van der Waals surface area contributed by atoms with Crippen molar-refractivity contribution in [3.8, 4) is 0 Å². The van der Waals surface area contributed by atoms with E-state index in [9.17, 15) is 9.18 Å². The number of piperazine rings is 1. The number of nitrogens with zero attached hydrogens (tertiary/aromatic N) is 3. The molecule has 26 heavy (non-hydrogen) atoms. The van der Waals surface area contributed by atoms with Crippen LogP contribution in [0.3, 0.4) is 0 Å². The van der Waals surface area contributed by atoms with E-state index in [0.29, 0.717) is 18.7 Å². The van der Waals surface area contributed by atoms with Gasteiger partial charge in [0.15, 0.2) is 0 Å². The van der Waals surface area contributed by atoms with Crippen LogP contribution in [-0.2, 0) is 17.9 Å². The quantitative estimate of drug-likeness (QED) is 0.852. The Bertz CT molecular complexity index is 754. The fourth-order valence-electron chi connectivity index (χ4n) is 3.03. The van der Waals surface area contributed by atoms with Gasteiger partial charge in [0.2, 0.25) is 5.91 Å². The molecule has 0 radical (unpaired) electrons. The van der Waals surface area contributed by atoms with Crippen LogP contribution in [0.25, 0.3) is 0 Å². The average Bonchev–Trinajstić information content (AvgIpc) is 3.02. The van der Waals surface area contributed by atoms with Crippen molar-refractivity contribution in [1.29, 1.82) is 0 Å². The maximum Gasteiger partial charge on any atom is 0.234 e. The Morgan fingerprint density at radius 1 is 1.19 bits per heavy atom. The first-order chi connectivity index (χ1) is 12.5. The number of carbonyl (C=O) groups is 1. The van der Waals surface area contributed by atoms with Crippen molar-refractivity contribution in [2.24, 2.45) is 0 Å². The Morgan fingerprint density at radius 3 is 2.58 bits per heavy atom. The Balaban J connectivity index is 1.38. The summed E-state index contributed by atoms with van der Waals surface area (Å²) >= 11 is 0. The first-order valence-electron chi connectivity index (χ1n) is 8.88. The molecule has 1 aromatic carbocycles. The average molecular weight is 360 g/mol. The van der Waals surface area contributed by atoms with Crippen molar-refractivity contribution in [1.82, 2.24) is 20.3 Å². The van der Waals surface area contributed by atoms with E-state index in [1.54, 1.807) is 13.0 Å². The number of amides is 1. The minimum absolute atomic E-state index is 0.0356. The van der Waals surface area contributed by atoms with E-state index in [1.807, 2.05) is 19.1 Å². The van der Waals surface area contributed by atoms with E-state index >= 15 is 0 Å². The Kier molecular flexibility index (Phi) is 6.00. The summed E-state index contributed by atoms with van der Waals surface area (Å²) in [5.74, 6) is 0.547. The number of aryl methyl sites for hydroxylation is 2. The van der Waals surface area contributed by atoms with Gasteiger partial charge in [0, 0.05) is 45.3 Å². The smallest absolute Gasteiger partial charge is 0.234 e. The second kappa shape index (κ2) is 8.42. The van der Waals surface area contributed by atoms with E-state index < -0.39 is 0 Å². The van der Waals surface area contributed by atoms with E-state index in [0.717, 1.165) is 49.7 Å². The zero-order valence-corrected chi connectivity index (χ0v) is 15.3. The molecule has 1 aliphatic rings. The maximum absolute atomic E-state index is 13.5. The molecule has 2 heterocycles. The van der Waals surface area contributed by atoms with Crippen molar-refractivity contribution in [2.45, 2.75) is 26.9 Å². The first kappa shape index (κ1) is 18.5. The Hall–Kier alpha value is -2.25. The molecular formula is C19H25FN4O2. The monoisotopic (exact) mass is 360 g/mol. The Labute approximate surface area is 152 Å². The summed E-state index contributed by atoms with van der Waals surface area (Å²) in [5.41, 5.74) is 2.33. The minimum Gasteiger partial charge on any atom is -0.361 e. The number of hydrogen-bond acceptors (Lipinski definition) is 5. The lowest BCUT2D eigenvalue weighted by atomic mass is 10.1. The highest BCUT2D eigenvalue weighted by Gasteiger charge is 2.19. The molecule has 1 saturated heterocycles. The predicted molar refractivity (Wildman–Crippen MR) is 95.9 cm³/mol. The number of hydrogen-bond donors (Lipinski definition) is 1. The van der Waals surface area contributed by atoms with Crippen LogP contribution in [0.4, 0.5) is 4.39 Å². The third-order valence-corrected chi connectivity index (χ3v) is 4.62. The van der Waals surface area contributed by atoms with Crippen molar-refractivity contribution < 1.29 is 13.7 Å². The lowest BCUT2D eigenvalue weighted by molar-refractivity contribution is -0.122. The molecule has 1 aliphatic heterocycles. The number of nitrogens with one attached hydrogen (secondary N) is 1. The minimum atomic E-state index is -0.241. The zero-order valence-electron chi connectivity index (χ0n) is 15.3. The van der Waals surface area contributed by atoms with Gasteiger partial charge in [-0.2, -0.15) is 0 Å². The van der Waals surface area contributed by atoms with Gasteiger partial charge in [-0.05, 0) is 31.0 Å². The molecule has 0 saturated carbocycles. The highest BCUT2D eigenvalue weighted by atomic mass is 19.1. The molecule has 0 bridgehead atoms. The number of halogens is 1. The fraction of sp³-hybridized carbons (Fsp3) is 0.474. The number of benzene rings is 1. The number of carbonyl (C=O) groups excluding carboxylic acids is 1. The van der Waals surface area contributed by atoms with Crippen LogP contribution in [-0.4, -0.2) is 53.6 Å². The maximum atomic E-state index is 13.5. The summed E-state index contributed by atoms with van der Waals surface area (Å²) in [6.07, 6.45) is 0. The van der Waals surface area contributed by atoms with Gasteiger partial charge in [0.25, 0.3) is 0 Å². The summed E-state index contributed by atoms with van der Waals surface area (Å²) in [6.45, 7) is 8.56. The van der Waals surface area contributed by atoms with Gasteiger partial charge < -0.3 is 9.84 Å². The summed E-state index contributed by atoms with van der Waals surface area (Å²) < 4.78 is 18.6. The topological polar surface area (TPSA) is 61.6 Å². The number of rotatable bonds is 6. The molecule has 0 spiro atoms. The van der Waals surface area contributed by atoms with E-state index in [4.69, 9.17) is 4.52 Å². The third-order valence-electron chi connectivity index (χ3n) is 4.62. The van der Waals surface area contributed by atoms with E-state index in [1.165, 1.54) is 6.07 Å². The second-order valence-corrected chi connectivity index (χ2v) is 6.84. The largest absolute Gasteiger partial charge is 0.361 e. The van der Waals surface area contributed by atoms with Gasteiger partial charge in [-0.15, -0.1) is 0 Å². The molecule has 3 rings (SSSR count). The van der Waals surface area contributed by atoms with E-state index in [-0.39, 0.29) is 11.7 Å². The van der Waals surface area contributed by atoms with Gasteiger partial charge in [0.1, 0.15) is 11.6 Å². The summed E-state index contributed by atoms with van der Waals surface area (Å²) in [7, 11) is 0. The fourth-order valence-corrected chi connectivity index (χ4v) is 3.03. The van der Waals surface area contributed by atoms with Crippen LogP contribution >= 0.6 is 0 Å². The standard InChI is InChI=1S/C19H25FN4O2/c1-14-3-4-16(10-18(14)20)11-21-19(25)13-24-7-5-23(6-8-24)12-17-9-15(2)26-22-17/h3-4,9-10H,5-8,11-13H2,1-2H3,(H,21,25).